The Morgan fingerprint density at radius 1 is 1.00 bits per heavy atom. The van der Waals surface area contributed by atoms with Crippen LogP contribution in [0.1, 0.15) is 22.7 Å². The van der Waals surface area contributed by atoms with Crippen molar-refractivity contribution in [3.63, 3.8) is 0 Å². The third-order valence-electron chi connectivity index (χ3n) is 4.71. The summed E-state index contributed by atoms with van der Waals surface area (Å²) in [6.07, 6.45) is 0. The van der Waals surface area contributed by atoms with Crippen molar-refractivity contribution >= 4 is 5.91 Å². The molecule has 1 aromatic heterocycles. The van der Waals surface area contributed by atoms with Crippen LogP contribution in [-0.2, 0) is 11.3 Å². The summed E-state index contributed by atoms with van der Waals surface area (Å²) in [5, 5.41) is 2.98. The fraction of sp³-hybridized carbons (Fsp3) is 0.217. The van der Waals surface area contributed by atoms with Crippen LogP contribution < -0.4 is 15.6 Å². The van der Waals surface area contributed by atoms with Crippen molar-refractivity contribution in [2.75, 3.05) is 13.7 Å². The summed E-state index contributed by atoms with van der Waals surface area (Å²) in [6, 6.07) is 22.7. The Labute approximate surface area is 164 Å². The minimum Gasteiger partial charge on any atom is -0.496 e. The van der Waals surface area contributed by atoms with Crippen molar-refractivity contribution in [2.45, 2.75) is 19.4 Å². The minimum atomic E-state index is -0.393. The Balaban J connectivity index is 1.74. The quantitative estimate of drug-likeness (QED) is 0.689. The van der Waals surface area contributed by atoms with Gasteiger partial charge in [0.15, 0.2) is 0 Å². The topological polar surface area (TPSA) is 60.3 Å². The molecule has 3 aromatic rings. The first kappa shape index (κ1) is 19.4. The van der Waals surface area contributed by atoms with Crippen LogP contribution in [0.25, 0.3) is 0 Å². The minimum absolute atomic E-state index is 0.0865. The monoisotopic (exact) mass is 376 g/mol. The Kier molecular flexibility index (Phi) is 6.27. The lowest BCUT2D eigenvalue weighted by Crippen LogP contribution is -2.34. The number of ether oxygens (including phenoxy) is 1. The van der Waals surface area contributed by atoms with E-state index in [1.54, 1.807) is 10.6 Å². The van der Waals surface area contributed by atoms with E-state index in [4.69, 9.17) is 4.74 Å². The zero-order chi connectivity index (χ0) is 19.9. The average Bonchev–Trinajstić information content (AvgIpc) is 2.71. The van der Waals surface area contributed by atoms with Crippen molar-refractivity contribution in [2.24, 2.45) is 0 Å². The molecule has 0 radical (unpaired) electrons. The predicted octanol–water partition coefficient (Wildman–Crippen LogP) is 3.11. The van der Waals surface area contributed by atoms with E-state index in [-0.39, 0.29) is 11.5 Å². The molecular formula is C23H24N2O3. The molecule has 0 atom stereocenters. The molecule has 144 valence electrons. The van der Waals surface area contributed by atoms with Crippen molar-refractivity contribution in [1.82, 2.24) is 9.88 Å². The molecule has 0 saturated carbocycles. The van der Waals surface area contributed by atoms with Crippen LogP contribution in [0, 0.1) is 6.92 Å². The van der Waals surface area contributed by atoms with E-state index in [0.717, 1.165) is 16.8 Å². The summed E-state index contributed by atoms with van der Waals surface area (Å²) in [7, 11) is 1.53. The highest BCUT2D eigenvalue weighted by molar-refractivity contribution is 5.87. The highest BCUT2D eigenvalue weighted by atomic mass is 16.5. The first-order valence-electron chi connectivity index (χ1n) is 9.23. The van der Waals surface area contributed by atoms with E-state index in [1.807, 2.05) is 67.6 Å². The molecule has 0 saturated heterocycles. The molecule has 0 aliphatic heterocycles. The number of nitrogens with one attached hydrogen (secondary N) is 1. The molecule has 1 heterocycles. The van der Waals surface area contributed by atoms with Crippen LogP contribution in [0.15, 0.2) is 77.6 Å². The van der Waals surface area contributed by atoms with Crippen molar-refractivity contribution in [1.29, 1.82) is 0 Å². The third-order valence-corrected chi connectivity index (χ3v) is 4.71. The van der Waals surface area contributed by atoms with Crippen LogP contribution in [0.5, 0.6) is 5.75 Å². The molecule has 5 nitrogen and oxygen atoms in total. The summed E-state index contributed by atoms with van der Waals surface area (Å²) in [6.45, 7) is 2.61. The lowest BCUT2D eigenvalue weighted by atomic mass is 9.90. The molecule has 2 aromatic carbocycles. The van der Waals surface area contributed by atoms with Crippen LogP contribution in [0.2, 0.25) is 0 Å². The maximum atomic E-state index is 13.0. The van der Waals surface area contributed by atoms with Gasteiger partial charge in [-0.25, -0.2) is 0 Å². The highest BCUT2D eigenvalue weighted by Gasteiger charge is 2.22. The fourth-order valence-electron chi connectivity index (χ4n) is 3.28. The number of methoxy groups -OCH3 is 1. The summed E-state index contributed by atoms with van der Waals surface area (Å²) in [4.78, 5) is 25.2. The number of pyridine rings is 1. The molecule has 0 bridgehead atoms. The first-order chi connectivity index (χ1) is 13.6. The molecule has 0 aliphatic rings. The number of aromatic nitrogens is 1. The molecule has 3 rings (SSSR count). The van der Waals surface area contributed by atoms with Crippen molar-refractivity contribution in [3.8, 4) is 5.75 Å². The van der Waals surface area contributed by atoms with Gasteiger partial charge in [0.25, 0.3) is 5.56 Å². The maximum absolute atomic E-state index is 13.0. The summed E-state index contributed by atoms with van der Waals surface area (Å²) in [5.41, 5.74) is 2.52. The van der Waals surface area contributed by atoms with Crippen molar-refractivity contribution in [3.05, 3.63) is 100.0 Å². The largest absolute Gasteiger partial charge is 0.496 e. The molecule has 0 unspecified atom stereocenters. The normalized spacial score (nSPS) is 10.7. The van der Waals surface area contributed by atoms with Gasteiger partial charge in [0, 0.05) is 24.8 Å². The predicted molar refractivity (Wildman–Crippen MR) is 110 cm³/mol. The molecule has 1 amide bonds. The Hall–Kier alpha value is -3.34. The van der Waals surface area contributed by atoms with Crippen molar-refractivity contribution < 1.29 is 9.53 Å². The fourth-order valence-corrected chi connectivity index (χ4v) is 3.28. The Morgan fingerprint density at radius 3 is 2.07 bits per heavy atom. The third kappa shape index (κ3) is 4.49. The number of aryl methyl sites for hydroxylation is 1. The van der Waals surface area contributed by atoms with Crippen LogP contribution >= 0.6 is 0 Å². The van der Waals surface area contributed by atoms with Gasteiger partial charge >= 0.3 is 0 Å². The van der Waals surface area contributed by atoms with E-state index in [2.05, 4.69) is 5.32 Å². The second-order valence-corrected chi connectivity index (χ2v) is 6.57. The molecule has 5 heteroatoms. The number of rotatable bonds is 7. The molecule has 0 fully saturated rings. The Morgan fingerprint density at radius 2 is 1.57 bits per heavy atom. The summed E-state index contributed by atoms with van der Waals surface area (Å²) < 4.78 is 6.75. The average molecular weight is 376 g/mol. The van der Waals surface area contributed by atoms with Gasteiger partial charge in [-0.15, -0.1) is 0 Å². The van der Waals surface area contributed by atoms with Gasteiger partial charge in [-0.3, -0.25) is 9.59 Å². The van der Waals surface area contributed by atoms with E-state index < -0.39 is 5.92 Å². The highest BCUT2D eigenvalue weighted by Crippen LogP contribution is 2.24. The molecular weight excluding hydrogens is 352 g/mol. The van der Waals surface area contributed by atoms with E-state index in [1.165, 1.54) is 13.2 Å². The van der Waals surface area contributed by atoms with Crippen LogP contribution in [0.4, 0.5) is 0 Å². The zero-order valence-corrected chi connectivity index (χ0v) is 16.1. The van der Waals surface area contributed by atoms with Gasteiger partial charge in [0.05, 0.1) is 13.0 Å². The number of carbonyl (C=O) groups is 1. The van der Waals surface area contributed by atoms with Gasteiger partial charge in [0.2, 0.25) is 5.91 Å². The number of carbonyl (C=O) groups excluding carboxylic acids is 1. The number of amides is 1. The van der Waals surface area contributed by atoms with Crippen LogP contribution in [0.3, 0.4) is 0 Å². The van der Waals surface area contributed by atoms with E-state index >= 15 is 0 Å². The number of nitrogens with zero attached hydrogens (tertiary/aromatic N) is 1. The maximum Gasteiger partial charge on any atom is 0.254 e. The van der Waals surface area contributed by atoms with Gasteiger partial charge < -0.3 is 14.6 Å². The number of hydrogen-bond acceptors (Lipinski definition) is 3. The van der Waals surface area contributed by atoms with Gasteiger partial charge in [-0.2, -0.15) is 0 Å². The summed E-state index contributed by atoms with van der Waals surface area (Å²) >= 11 is 0. The molecule has 0 aliphatic carbocycles. The zero-order valence-electron chi connectivity index (χ0n) is 16.1. The SMILES string of the molecule is COc1cc(C)n(CCNC(=O)C(c2ccccc2)c2ccccc2)c(=O)c1. The number of benzene rings is 2. The lowest BCUT2D eigenvalue weighted by molar-refractivity contribution is -0.121. The molecule has 1 N–H and O–H groups in total. The smallest absolute Gasteiger partial charge is 0.254 e. The Bertz CT molecular complexity index is 942. The molecule has 28 heavy (non-hydrogen) atoms. The van der Waals surface area contributed by atoms with Gasteiger partial charge in [0.1, 0.15) is 5.75 Å². The van der Waals surface area contributed by atoms with Crippen LogP contribution in [-0.4, -0.2) is 24.1 Å². The summed E-state index contributed by atoms with van der Waals surface area (Å²) in [5.74, 6) is 0.0590. The standard InChI is InChI=1S/C23H24N2O3/c1-17-15-20(28-2)16-21(26)25(17)14-13-24-23(27)22(18-9-5-3-6-10-18)19-11-7-4-8-12-19/h3-12,15-16,22H,13-14H2,1-2H3,(H,24,27). The lowest BCUT2D eigenvalue weighted by Gasteiger charge is -2.18. The molecule has 0 spiro atoms. The number of hydrogen-bond donors (Lipinski definition) is 1. The van der Waals surface area contributed by atoms with Gasteiger partial charge in [-0.1, -0.05) is 60.7 Å². The van der Waals surface area contributed by atoms with Gasteiger partial charge in [-0.05, 0) is 24.1 Å². The van der Waals surface area contributed by atoms with E-state index in [0.29, 0.717) is 18.8 Å². The first-order valence-corrected chi connectivity index (χ1v) is 9.23. The second kappa shape index (κ2) is 9.04. The second-order valence-electron chi connectivity index (χ2n) is 6.57. The van der Waals surface area contributed by atoms with E-state index in [9.17, 15) is 9.59 Å².